The van der Waals surface area contributed by atoms with E-state index in [9.17, 15) is 0 Å². The van der Waals surface area contributed by atoms with Gasteiger partial charge in [-0.25, -0.2) is 0 Å². The van der Waals surface area contributed by atoms with Crippen LogP contribution in [0.3, 0.4) is 0 Å². The minimum absolute atomic E-state index is 0.0371. The van der Waals surface area contributed by atoms with Crippen LogP contribution in [0.1, 0.15) is 39.4 Å². The maximum atomic E-state index is 5.91. The predicted molar refractivity (Wildman–Crippen MR) is 105 cm³/mol. The molecule has 7 nitrogen and oxygen atoms in total. The van der Waals surface area contributed by atoms with Gasteiger partial charge in [0, 0.05) is 12.5 Å². The summed E-state index contributed by atoms with van der Waals surface area (Å²) in [6.45, 7) is 9.12. The Morgan fingerprint density at radius 1 is 1.31 bits per heavy atom. The normalized spacial score (nSPS) is 13.4. The summed E-state index contributed by atoms with van der Waals surface area (Å²) in [4.78, 5) is 8.59. The summed E-state index contributed by atoms with van der Waals surface area (Å²) < 4.78 is 12.1. The number of nitrogens with zero attached hydrogens (tertiary/aromatic N) is 3. The maximum Gasteiger partial charge on any atom is 0.232 e. The molecule has 0 saturated heterocycles. The third kappa shape index (κ3) is 6.01. The summed E-state index contributed by atoms with van der Waals surface area (Å²) in [5.74, 6) is 2.67. The summed E-state index contributed by atoms with van der Waals surface area (Å²) in [5.41, 5.74) is -0.163. The average molecular weight is 424 g/mol. The van der Waals surface area contributed by atoms with Crippen LogP contribution in [0.25, 0.3) is 0 Å². The lowest BCUT2D eigenvalue weighted by atomic mass is 9.97. The molecule has 0 aliphatic heterocycles. The summed E-state index contributed by atoms with van der Waals surface area (Å²) in [5, 5.41) is 10.4. The van der Waals surface area contributed by atoms with E-state index >= 15 is 0 Å². The van der Waals surface area contributed by atoms with Crippen LogP contribution in [0.4, 0.5) is 0 Å². The molecule has 2 aromatic rings. The molecule has 0 fully saturated rings. The fraction of sp³-hybridized carbons (Fsp3) is 0.500. The van der Waals surface area contributed by atoms with Crippen LogP contribution in [0, 0.1) is 0 Å². The molecule has 2 rings (SSSR count). The van der Waals surface area contributed by atoms with E-state index in [1.54, 1.807) is 7.05 Å². The highest BCUT2D eigenvalue weighted by atomic mass is 79.9. The van der Waals surface area contributed by atoms with Gasteiger partial charge in [0.1, 0.15) is 11.9 Å². The van der Waals surface area contributed by atoms with Gasteiger partial charge in [0.05, 0.1) is 17.6 Å². The van der Waals surface area contributed by atoms with E-state index in [0.29, 0.717) is 30.8 Å². The molecule has 1 unspecified atom stereocenters. The molecule has 0 radical (unpaired) electrons. The first kappa shape index (κ1) is 20.2. The Balaban J connectivity index is 1.80. The van der Waals surface area contributed by atoms with Gasteiger partial charge < -0.3 is 19.9 Å². The van der Waals surface area contributed by atoms with Gasteiger partial charge in [0.25, 0.3) is 0 Å². The standard InChI is InChI=1S/C18H26BrN5O2/c1-12(25-14-9-7-6-8-13(14)19)10-21-17(20-5)22-11-15-23-16(26-24-15)18(2,3)4/h6-9,12H,10-11H2,1-5H3,(H2,20,21,22). The second kappa shape index (κ2) is 9.02. The molecule has 142 valence electrons. The molecule has 8 heteroatoms. The molecule has 0 saturated carbocycles. The number of hydrogen-bond donors (Lipinski definition) is 2. The SMILES string of the molecule is CN=C(NCc1noc(C(C)(C)C)n1)NCC(C)Oc1ccccc1Br. The van der Waals surface area contributed by atoms with Crippen molar-refractivity contribution in [3.63, 3.8) is 0 Å². The van der Waals surface area contributed by atoms with Gasteiger partial charge >= 0.3 is 0 Å². The van der Waals surface area contributed by atoms with Crippen LogP contribution in [-0.4, -0.2) is 35.8 Å². The quantitative estimate of drug-likeness (QED) is 0.547. The third-order valence-electron chi connectivity index (χ3n) is 3.47. The van der Waals surface area contributed by atoms with E-state index in [-0.39, 0.29) is 11.5 Å². The number of nitrogens with one attached hydrogen (secondary N) is 2. The zero-order chi connectivity index (χ0) is 19.2. The van der Waals surface area contributed by atoms with Gasteiger partial charge in [-0.2, -0.15) is 4.98 Å². The minimum atomic E-state index is -0.163. The van der Waals surface area contributed by atoms with Crippen LogP contribution >= 0.6 is 15.9 Å². The Morgan fingerprint density at radius 2 is 2.04 bits per heavy atom. The van der Waals surface area contributed by atoms with Gasteiger partial charge in [0.15, 0.2) is 11.8 Å². The summed E-state index contributed by atoms with van der Waals surface area (Å²) in [6, 6.07) is 7.77. The van der Waals surface area contributed by atoms with Crippen molar-refractivity contribution >= 4 is 21.9 Å². The number of guanidine groups is 1. The van der Waals surface area contributed by atoms with Crippen molar-refractivity contribution in [2.24, 2.45) is 4.99 Å². The zero-order valence-electron chi connectivity index (χ0n) is 15.8. The van der Waals surface area contributed by atoms with Gasteiger partial charge in [-0.15, -0.1) is 0 Å². The molecule has 0 aliphatic carbocycles. The Hall–Kier alpha value is -2.09. The van der Waals surface area contributed by atoms with Crippen molar-refractivity contribution in [2.75, 3.05) is 13.6 Å². The number of hydrogen-bond acceptors (Lipinski definition) is 5. The van der Waals surface area contributed by atoms with Crippen LogP contribution < -0.4 is 15.4 Å². The fourth-order valence-corrected chi connectivity index (χ4v) is 2.43. The number of benzene rings is 1. The first-order valence-corrected chi connectivity index (χ1v) is 9.27. The third-order valence-corrected chi connectivity index (χ3v) is 4.12. The van der Waals surface area contributed by atoms with E-state index in [2.05, 4.69) is 41.7 Å². The van der Waals surface area contributed by atoms with E-state index in [1.807, 2.05) is 52.0 Å². The Morgan fingerprint density at radius 3 is 2.65 bits per heavy atom. The monoisotopic (exact) mass is 423 g/mol. The Bertz CT molecular complexity index is 739. The number of rotatable bonds is 6. The molecule has 1 aromatic heterocycles. The van der Waals surface area contributed by atoms with Gasteiger partial charge in [-0.3, -0.25) is 4.99 Å². The van der Waals surface area contributed by atoms with Crippen molar-refractivity contribution in [1.29, 1.82) is 0 Å². The van der Waals surface area contributed by atoms with Gasteiger partial charge in [-0.05, 0) is 35.0 Å². The molecule has 0 spiro atoms. The van der Waals surface area contributed by atoms with Crippen molar-refractivity contribution in [3.8, 4) is 5.75 Å². The number of ether oxygens (including phenoxy) is 1. The Labute approximate surface area is 162 Å². The summed E-state index contributed by atoms with van der Waals surface area (Å²) in [6.07, 6.45) is -0.0371. The lowest BCUT2D eigenvalue weighted by Gasteiger charge is -2.18. The van der Waals surface area contributed by atoms with Crippen molar-refractivity contribution in [3.05, 3.63) is 40.5 Å². The fourth-order valence-electron chi connectivity index (χ4n) is 2.05. The van der Waals surface area contributed by atoms with E-state index < -0.39 is 0 Å². The van der Waals surface area contributed by atoms with Crippen LogP contribution in [0.15, 0.2) is 38.3 Å². The highest BCUT2D eigenvalue weighted by molar-refractivity contribution is 9.10. The molecule has 2 N–H and O–H groups in total. The summed E-state index contributed by atoms with van der Waals surface area (Å²) in [7, 11) is 1.71. The molecule has 26 heavy (non-hydrogen) atoms. The zero-order valence-corrected chi connectivity index (χ0v) is 17.4. The lowest BCUT2D eigenvalue weighted by molar-refractivity contribution is 0.222. The molecular weight excluding hydrogens is 398 g/mol. The second-order valence-electron chi connectivity index (χ2n) is 6.93. The maximum absolute atomic E-state index is 5.91. The lowest BCUT2D eigenvalue weighted by Crippen LogP contribution is -2.41. The van der Waals surface area contributed by atoms with Crippen molar-refractivity contribution < 1.29 is 9.26 Å². The topological polar surface area (TPSA) is 84.6 Å². The number of aromatic nitrogens is 2. The van der Waals surface area contributed by atoms with Crippen LogP contribution in [0.2, 0.25) is 0 Å². The van der Waals surface area contributed by atoms with Crippen LogP contribution in [-0.2, 0) is 12.0 Å². The highest BCUT2D eigenvalue weighted by Gasteiger charge is 2.21. The van der Waals surface area contributed by atoms with Crippen molar-refractivity contribution in [2.45, 2.75) is 45.8 Å². The molecule has 1 heterocycles. The Kier molecular flexibility index (Phi) is 7.02. The van der Waals surface area contributed by atoms with E-state index in [1.165, 1.54) is 0 Å². The van der Waals surface area contributed by atoms with E-state index in [4.69, 9.17) is 9.26 Å². The van der Waals surface area contributed by atoms with E-state index in [0.717, 1.165) is 10.2 Å². The molecule has 1 atom stereocenters. The number of aliphatic imine (C=N–C) groups is 1. The minimum Gasteiger partial charge on any atom is -0.488 e. The first-order chi connectivity index (χ1) is 12.3. The average Bonchev–Trinajstić information content (AvgIpc) is 3.06. The number of para-hydroxylation sites is 1. The first-order valence-electron chi connectivity index (χ1n) is 8.48. The predicted octanol–water partition coefficient (Wildman–Crippen LogP) is 3.26. The largest absolute Gasteiger partial charge is 0.488 e. The number of halogens is 1. The van der Waals surface area contributed by atoms with Gasteiger partial charge in [0.2, 0.25) is 5.89 Å². The highest BCUT2D eigenvalue weighted by Crippen LogP contribution is 2.24. The molecular formula is C18H26BrN5O2. The molecule has 1 aromatic carbocycles. The molecule has 0 amide bonds. The molecule has 0 aliphatic rings. The summed E-state index contributed by atoms with van der Waals surface area (Å²) >= 11 is 3.48. The van der Waals surface area contributed by atoms with Crippen molar-refractivity contribution in [1.82, 2.24) is 20.8 Å². The smallest absolute Gasteiger partial charge is 0.232 e. The second-order valence-corrected chi connectivity index (χ2v) is 7.79. The molecule has 0 bridgehead atoms. The van der Waals surface area contributed by atoms with Crippen LogP contribution in [0.5, 0.6) is 5.75 Å². The van der Waals surface area contributed by atoms with Gasteiger partial charge in [-0.1, -0.05) is 38.1 Å².